The van der Waals surface area contributed by atoms with Gasteiger partial charge in [-0.2, -0.15) is 4.98 Å². The average molecular weight is 183 g/mol. The van der Waals surface area contributed by atoms with Crippen LogP contribution in [0.15, 0.2) is 4.52 Å². The van der Waals surface area contributed by atoms with Gasteiger partial charge in [-0.15, -0.1) is 0 Å². The summed E-state index contributed by atoms with van der Waals surface area (Å²) in [4.78, 5) is 4.23. The summed E-state index contributed by atoms with van der Waals surface area (Å²) >= 11 is 0. The highest BCUT2D eigenvalue weighted by Crippen LogP contribution is 2.16. The summed E-state index contributed by atoms with van der Waals surface area (Å²) in [7, 11) is 0. The quantitative estimate of drug-likeness (QED) is 0.761. The van der Waals surface area contributed by atoms with Crippen molar-refractivity contribution in [1.82, 2.24) is 10.1 Å². The smallest absolute Gasteiger partial charge is 0.321 e. The van der Waals surface area contributed by atoms with Crippen molar-refractivity contribution in [3.05, 3.63) is 5.82 Å². The lowest BCUT2D eigenvalue weighted by Crippen LogP contribution is -2.00. The molecule has 0 saturated carbocycles. The topological polar surface area (TPSA) is 51.0 Å². The third-order valence-electron chi connectivity index (χ3n) is 2.02. The van der Waals surface area contributed by atoms with Crippen molar-refractivity contribution in [1.29, 1.82) is 0 Å². The summed E-state index contributed by atoms with van der Waals surface area (Å²) in [5.41, 5.74) is 0. The van der Waals surface area contributed by atoms with Gasteiger partial charge in [0.1, 0.15) is 0 Å². The van der Waals surface area contributed by atoms with Gasteiger partial charge in [0.25, 0.3) is 0 Å². The van der Waals surface area contributed by atoms with Gasteiger partial charge in [-0.05, 0) is 12.8 Å². The predicted molar refractivity (Wildman–Crippen MR) is 51.8 cm³/mol. The molecule has 1 heterocycles. The van der Waals surface area contributed by atoms with E-state index in [0.717, 1.165) is 25.2 Å². The molecule has 4 heteroatoms. The fourth-order valence-electron chi connectivity index (χ4n) is 0.921. The van der Waals surface area contributed by atoms with Gasteiger partial charge in [-0.1, -0.05) is 25.9 Å². The highest BCUT2D eigenvalue weighted by atomic mass is 16.5. The first-order valence-corrected chi connectivity index (χ1v) is 4.85. The Morgan fingerprint density at radius 2 is 2.23 bits per heavy atom. The second kappa shape index (κ2) is 4.84. The van der Waals surface area contributed by atoms with E-state index in [1.54, 1.807) is 0 Å². The molecule has 0 radical (unpaired) electrons. The van der Waals surface area contributed by atoms with Crippen molar-refractivity contribution in [2.45, 2.75) is 39.5 Å². The van der Waals surface area contributed by atoms with Crippen molar-refractivity contribution < 1.29 is 4.52 Å². The normalized spacial score (nSPS) is 12.8. The van der Waals surface area contributed by atoms with Gasteiger partial charge in [0.05, 0.1) is 0 Å². The molecule has 1 aromatic heterocycles. The number of rotatable bonds is 5. The van der Waals surface area contributed by atoms with Gasteiger partial charge in [-0.3, -0.25) is 0 Å². The van der Waals surface area contributed by atoms with Gasteiger partial charge in [-0.25, -0.2) is 0 Å². The molecule has 0 amide bonds. The molecular formula is C9H17N3O. The lowest BCUT2D eigenvalue weighted by atomic mass is 10.1. The van der Waals surface area contributed by atoms with E-state index in [-0.39, 0.29) is 0 Å². The zero-order chi connectivity index (χ0) is 9.68. The number of nitrogens with one attached hydrogen (secondary N) is 1. The van der Waals surface area contributed by atoms with Crippen LogP contribution >= 0.6 is 0 Å². The number of aromatic nitrogens is 2. The van der Waals surface area contributed by atoms with E-state index >= 15 is 0 Å². The molecule has 4 nitrogen and oxygen atoms in total. The Kier molecular flexibility index (Phi) is 3.73. The SMILES string of the molecule is CCCNc1nc(C(C)CC)no1. The number of hydrogen-bond donors (Lipinski definition) is 1. The highest BCUT2D eigenvalue weighted by Gasteiger charge is 2.10. The molecule has 0 aliphatic heterocycles. The molecular weight excluding hydrogens is 166 g/mol. The molecule has 0 aromatic carbocycles. The molecule has 0 saturated heterocycles. The molecule has 0 aliphatic carbocycles. The van der Waals surface area contributed by atoms with Crippen molar-refractivity contribution in [2.75, 3.05) is 11.9 Å². The Morgan fingerprint density at radius 1 is 1.46 bits per heavy atom. The summed E-state index contributed by atoms with van der Waals surface area (Å²) in [6.07, 6.45) is 2.09. The summed E-state index contributed by atoms with van der Waals surface area (Å²) in [5, 5.41) is 6.94. The lowest BCUT2D eigenvalue weighted by Gasteiger charge is -1.98. The van der Waals surface area contributed by atoms with Crippen molar-refractivity contribution >= 4 is 6.01 Å². The molecule has 1 N–H and O–H groups in total. The van der Waals surface area contributed by atoms with Gasteiger partial charge in [0.2, 0.25) is 0 Å². The minimum Gasteiger partial charge on any atom is -0.338 e. The second-order valence-corrected chi connectivity index (χ2v) is 3.19. The number of hydrogen-bond acceptors (Lipinski definition) is 4. The minimum atomic E-state index is 0.376. The van der Waals surface area contributed by atoms with Crippen molar-refractivity contribution in [2.24, 2.45) is 0 Å². The van der Waals surface area contributed by atoms with Crippen LogP contribution in [0.5, 0.6) is 0 Å². The van der Waals surface area contributed by atoms with Gasteiger partial charge >= 0.3 is 6.01 Å². The van der Waals surface area contributed by atoms with E-state index in [2.05, 4.69) is 36.2 Å². The molecule has 1 rings (SSSR count). The summed E-state index contributed by atoms with van der Waals surface area (Å²) in [6.45, 7) is 7.18. The predicted octanol–water partition coefficient (Wildman–Crippen LogP) is 2.41. The third-order valence-corrected chi connectivity index (χ3v) is 2.02. The van der Waals surface area contributed by atoms with E-state index in [9.17, 15) is 0 Å². The second-order valence-electron chi connectivity index (χ2n) is 3.19. The Balaban J connectivity index is 2.53. The first kappa shape index (κ1) is 10.0. The molecule has 0 aliphatic rings. The minimum absolute atomic E-state index is 0.376. The lowest BCUT2D eigenvalue weighted by molar-refractivity contribution is 0.416. The monoisotopic (exact) mass is 183 g/mol. The molecule has 1 atom stereocenters. The number of nitrogens with zero attached hydrogens (tertiary/aromatic N) is 2. The van der Waals surface area contributed by atoms with E-state index in [0.29, 0.717) is 11.9 Å². The molecule has 1 unspecified atom stereocenters. The summed E-state index contributed by atoms with van der Waals surface area (Å²) in [5.74, 6) is 1.17. The van der Waals surface area contributed by atoms with E-state index < -0.39 is 0 Å². The molecule has 0 bridgehead atoms. The third kappa shape index (κ3) is 2.72. The Hall–Kier alpha value is -1.06. The fourth-order valence-corrected chi connectivity index (χ4v) is 0.921. The summed E-state index contributed by atoms with van der Waals surface area (Å²) in [6, 6.07) is 0.539. The zero-order valence-electron chi connectivity index (χ0n) is 8.50. The maximum atomic E-state index is 5.02. The zero-order valence-corrected chi connectivity index (χ0v) is 8.50. The standard InChI is InChI=1S/C9H17N3O/c1-4-6-10-9-11-8(12-13-9)7(3)5-2/h7H,4-6H2,1-3H3,(H,10,11,12). The maximum absolute atomic E-state index is 5.02. The van der Waals surface area contributed by atoms with Crippen LogP contribution in [0.25, 0.3) is 0 Å². The largest absolute Gasteiger partial charge is 0.338 e. The first-order valence-electron chi connectivity index (χ1n) is 4.85. The van der Waals surface area contributed by atoms with Crippen LogP contribution in [-0.2, 0) is 0 Å². The molecule has 13 heavy (non-hydrogen) atoms. The maximum Gasteiger partial charge on any atom is 0.321 e. The average Bonchev–Trinajstić information content (AvgIpc) is 2.62. The fraction of sp³-hybridized carbons (Fsp3) is 0.778. The van der Waals surface area contributed by atoms with Crippen LogP contribution in [0.4, 0.5) is 6.01 Å². The van der Waals surface area contributed by atoms with Gasteiger partial charge in [0.15, 0.2) is 5.82 Å². The Morgan fingerprint density at radius 3 is 2.85 bits per heavy atom. The van der Waals surface area contributed by atoms with Gasteiger partial charge < -0.3 is 9.84 Å². The highest BCUT2D eigenvalue weighted by molar-refractivity contribution is 5.18. The van der Waals surface area contributed by atoms with E-state index in [1.807, 2.05) is 0 Å². The van der Waals surface area contributed by atoms with E-state index in [1.165, 1.54) is 0 Å². The molecule has 1 aromatic rings. The number of anilines is 1. The van der Waals surface area contributed by atoms with Crippen LogP contribution < -0.4 is 5.32 Å². The van der Waals surface area contributed by atoms with Crippen LogP contribution in [-0.4, -0.2) is 16.7 Å². The Bertz CT molecular complexity index is 247. The molecule has 0 spiro atoms. The van der Waals surface area contributed by atoms with Crippen LogP contribution in [0.3, 0.4) is 0 Å². The first-order chi connectivity index (χ1) is 6.27. The molecule has 0 fully saturated rings. The van der Waals surface area contributed by atoms with Crippen molar-refractivity contribution in [3.63, 3.8) is 0 Å². The summed E-state index contributed by atoms with van der Waals surface area (Å²) < 4.78 is 5.02. The van der Waals surface area contributed by atoms with E-state index in [4.69, 9.17) is 4.52 Å². The molecule has 74 valence electrons. The van der Waals surface area contributed by atoms with Crippen molar-refractivity contribution in [3.8, 4) is 0 Å². The van der Waals surface area contributed by atoms with Crippen LogP contribution in [0, 0.1) is 0 Å². The van der Waals surface area contributed by atoms with Crippen LogP contribution in [0.1, 0.15) is 45.4 Å². The van der Waals surface area contributed by atoms with Gasteiger partial charge in [0, 0.05) is 12.5 Å². The Labute approximate surface area is 78.7 Å². The van der Waals surface area contributed by atoms with Crippen LogP contribution in [0.2, 0.25) is 0 Å².